The van der Waals surface area contributed by atoms with Gasteiger partial charge in [0.2, 0.25) is 0 Å². The van der Waals surface area contributed by atoms with E-state index in [1.807, 2.05) is 0 Å². The normalized spacial score (nSPS) is 50.1. The van der Waals surface area contributed by atoms with Gasteiger partial charge in [-0.1, -0.05) is 0 Å². The molecule has 0 radical (unpaired) electrons. The highest BCUT2D eigenvalue weighted by Gasteiger charge is 2.54. The van der Waals surface area contributed by atoms with Crippen molar-refractivity contribution in [3.8, 4) is 0 Å². The third kappa shape index (κ3) is 2.14. The highest BCUT2D eigenvalue weighted by molar-refractivity contribution is 5.71. The van der Waals surface area contributed by atoms with E-state index < -0.39 is 0 Å². The summed E-state index contributed by atoms with van der Waals surface area (Å²) in [5.74, 6) is 4.11. The van der Waals surface area contributed by atoms with Crippen LogP contribution in [0.4, 0.5) is 4.79 Å². The number of hydrogen-bond donors (Lipinski definition) is 2. The molecule has 3 nitrogen and oxygen atoms in total. The molecule has 0 heterocycles. The maximum absolute atomic E-state index is 11.0. The van der Waals surface area contributed by atoms with Gasteiger partial charge in [0.15, 0.2) is 0 Å². The number of carbonyl (C=O) groups excluding carboxylic acids is 1. The summed E-state index contributed by atoms with van der Waals surface area (Å²) in [4.78, 5) is 11.0. The standard InChI is InChI=1S/C17H28N2O/c18-16(20)19-15-3-1-14(2-4-15)17-8-11-5-12(9-17)7-13(6-11)10-17/h11-15H,1-10H2,(H3,18,19,20). The Hall–Kier alpha value is -0.730. The van der Waals surface area contributed by atoms with Gasteiger partial charge in [-0.2, -0.15) is 0 Å². The third-order valence-electron chi connectivity index (χ3n) is 7.03. The predicted molar refractivity (Wildman–Crippen MR) is 79.1 cm³/mol. The smallest absolute Gasteiger partial charge is 0.312 e. The van der Waals surface area contributed by atoms with Crippen molar-refractivity contribution < 1.29 is 4.79 Å². The number of carbonyl (C=O) groups is 1. The summed E-state index contributed by atoms with van der Waals surface area (Å²) >= 11 is 0. The fourth-order valence-corrected chi connectivity index (χ4v) is 6.73. The summed E-state index contributed by atoms with van der Waals surface area (Å²) in [6, 6.07) is 0.000849. The van der Waals surface area contributed by atoms with Crippen LogP contribution in [0.3, 0.4) is 0 Å². The molecule has 0 aromatic rings. The lowest BCUT2D eigenvalue weighted by Gasteiger charge is -2.60. The van der Waals surface area contributed by atoms with Gasteiger partial charge in [-0.3, -0.25) is 0 Å². The zero-order valence-corrected chi connectivity index (χ0v) is 12.4. The first-order valence-corrected chi connectivity index (χ1v) is 8.69. The van der Waals surface area contributed by atoms with Crippen molar-refractivity contribution in [3.63, 3.8) is 0 Å². The summed E-state index contributed by atoms with van der Waals surface area (Å²) in [6.07, 6.45) is 14.1. The molecule has 0 atom stereocenters. The predicted octanol–water partition coefficient (Wildman–Crippen LogP) is 3.43. The molecule has 0 spiro atoms. The molecular formula is C17H28N2O. The third-order valence-corrected chi connectivity index (χ3v) is 7.03. The van der Waals surface area contributed by atoms with E-state index in [1.54, 1.807) is 0 Å². The average Bonchev–Trinajstić information content (AvgIpc) is 2.37. The summed E-state index contributed by atoms with van der Waals surface area (Å²) in [5.41, 5.74) is 5.96. The van der Waals surface area contributed by atoms with E-state index in [4.69, 9.17) is 5.73 Å². The fraction of sp³-hybridized carbons (Fsp3) is 0.941. The van der Waals surface area contributed by atoms with Crippen molar-refractivity contribution >= 4 is 6.03 Å². The Morgan fingerprint density at radius 2 is 1.40 bits per heavy atom. The van der Waals surface area contributed by atoms with Gasteiger partial charge < -0.3 is 11.1 Å². The zero-order chi connectivity index (χ0) is 13.7. The van der Waals surface area contributed by atoms with Gasteiger partial charge in [0.25, 0.3) is 0 Å². The van der Waals surface area contributed by atoms with Crippen LogP contribution in [0, 0.1) is 29.1 Å². The van der Waals surface area contributed by atoms with E-state index in [0.717, 1.165) is 36.5 Å². The molecule has 0 unspecified atom stereocenters. The molecule has 5 fully saturated rings. The summed E-state index contributed by atoms with van der Waals surface area (Å²) in [7, 11) is 0. The summed E-state index contributed by atoms with van der Waals surface area (Å²) in [6.45, 7) is 0. The minimum Gasteiger partial charge on any atom is -0.352 e. The quantitative estimate of drug-likeness (QED) is 0.797. The second-order valence-electron chi connectivity index (χ2n) is 8.34. The maximum Gasteiger partial charge on any atom is 0.312 e. The molecule has 0 aromatic heterocycles. The van der Waals surface area contributed by atoms with E-state index in [0.29, 0.717) is 11.5 Å². The van der Waals surface area contributed by atoms with Crippen molar-refractivity contribution in [2.24, 2.45) is 34.8 Å². The van der Waals surface area contributed by atoms with Crippen LogP contribution in [0.5, 0.6) is 0 Å². The Balaban J connectivity index is 1.43. The van der Waals surface area contributed by atoms with Gasteiger partial charge >= 0.3 is 6.03 Å². The number of primary amides is 1. The van der Waals surface area contributed by atoms with Crippen molar-refractivity contribution in [2.45, 2.75) is 70.3 Å². The van der Waals surface area contributed by atoms with E-state index in [1.165, 1.54) is 51.4 Å². The Kier molecular flexibility index (Phi) is 3.01. The van der Waals surface area contributed by atoms with Gasteiger partial charge in [-0.15, -0.1) is 0 Å². The van der Waals surface area contributed by atoms with E-state index in [9.17, 15) is 4.79 Å². The zero-order valence-electron chi connectivity index (χ0n) is 12.4. The van der Waals surface area contributed by atoms with Crippen LogP contribution in [0.1, 0.15) is 64.2 Å². The monoisotopic (exact) mass is 276 g/mol. The molecule has 0 aliphatic heterocycles. The molecule has 112 valence electrons. The number of nitrogens with one attached hydrogen (secondary N) is 1. The van der Waals surface area contributed by atoms with Crippen molar-refractivity contribution in [1.82, 2.24) is 5.32 Å². The Morgan fingerprint density at radius 1 is 0.900 bits per heavy atom. The molecule has 5 saturated carbocycles. The van der Waals surface area contributed by atoms with Crippen LogP contribution in [-0.4, -0.2) is 12.1 Å². The number of rotatable bonds is 2. The molecule has 4 bridgehead atoms. The van der Waals surface area contributed by atoms with Crippen LogP contribution in [0.2, 0.25) is 0 Å². The van der Waals surface area contributed by atoms with Gasteiger partial charge in [-0.25, -0.2) is 4.79 Å². The number of amides is 2. The molecule has 5 aliphatic carbocycles. The molecule has 3 N–H and O–H groups in total. The summed E-state index contributed by atoms with van der Waals surface area (Å²) in [5, 5.41) is 2.91. The molecule has 0 saturated heterocycles. The van der Waals surface area contributed by atoms with Gasteiger partial charge in [0, 0.05) is 6.04 Å². The number of urea groups is 1. The first-order chi connectivity index (χ1) is 9.63. The fourth-order valence-electron chi connectivity index (χ4n) is 6.73. The Labute approximate surface area is 122 Å². The lowest BCUT2D eigenvalue weighted by Crippen LogP contribution is -2.51. The highest BCUT2D eigenvalue weighted by Crippen LogP contribution is 2.64. The van der Waals surface area contributed by atoms with E-state index in [-0.39, 0.29) is 6.03 Å². The minimum absolute atomic E-state index is 0.344. The molecule has 2 amide bonds. The second kappa shape index (κ2) is 4.64. The molecule has 0 aromatic carbocycles. The average molecular weight is 276 g/mol. The summed E-state index contributed by atoms with van der Waals surface area (Å²) < 4.78 is 0. The van der Waals surface area contributed by atoms with E-state index in [2.05, 4.69) is 5.32 Å². The lowest BCUT2D eigenvalue weighted by molar-refractivity contribution is -0.0960. The molecule has 5 aliphatic rings. The minimum atomic E-state index is -0.344. The first kappa shape index (κ1) is 13.0. The van der Waals surface area contributed by atoms with Crippen LogP contribution in [-0.2, 0) is 0 Å². The maximum atomic E-state index is 11.0. The van der Waals surface area contributed by atoms with Gasteiger partial charge in [0.1, 0.15) is 0 Å². The van der Waals surface area contributed by atoms with E-state index >= 15 is 0 Å². The number of hydrogen-bond acceptors (Lipinski definition) is 1. The topological polar surface area (TPSA) is 55.1 Å². The van der Waals surface area contributed by atoms with Crippen molar-refractivity contribution in [3.05, 3.63) is 0 Å². The SMILES string of the molecule is NC(=O)NC1CCC(C23CC4CC(CC(C4)C2)C3)CC1. The Morgan fingerprint density at radius 3 is 1.85 bits per heavy atom. The number of nitrogens with two attached hydrogens (primary N) is 1. The van der Waals surface area contributed by atoms with Crippen LogP contribution < -0.4 is 11.1 Å². The second-order valence-corrected chi connectivity index (χ2v) is 8.34. The molecule has 20 heavy (non-hydrogen) atoms. The van der Waals surface area contributed by atoms with Crippen molar-refractivity contribution in [2.75, 3.05) is 0 Å². The molecule has 5 rings (SSSR count). The first-order valence-electron chi connectivity index (χ1n) is 8.69. The van der Waals surface area contributed by atoms with Gasteiger partial charge in [0.05, 0.1) is 0 Å². The highest BCUT2D eigenvalue weighted by atomic mass is 16.2. The van der Waals surface area contributed by atoms with Crippen LogP contribution in [0.15, 0.2) is 0 Å². The molecular weight excluding hydrogens is 248 g/mol. The lowest BCUT2D eigenvalue weighted by atomic mass is 9.45. The van der Waals surface area contributed by atoms with Crippen LogP contribution >= 0.6 is 0 Å². The van der Waals surface area contributed by atoms with Crippen LogP contribution in [0.25, 0.3) is 0 Å². The van der Waals surface area contributed by atoms with Gasteiger partial charge in [-0.05, 0) is 93.3 Å². The van der Waals surface area contributed by atoms with Crippen molar-refractivity contribution in [1.29, 1.82) is 0 Å². The Bertz CT molecular complexity index is 363. The molecule has 3 heteroatoms. The largest absolute Gasteiger partial charge is 0.352 e.